The van der Waals surface area contributed by atoms with Crippen LogP contribution in [0, 0.1) is 0 Å². The van der Waals surface area contributed by atoms with Gasteiger partial charge in [0.1, 0.15) is 5.52 Å². The Hall–Kier alpha value is -2.14. The third-order valence-electron chi connectivity index (χ3n) is 2.79. The molecule has 0 spiro atoms. The summed E-state index contributed by atoms with van der Waals surface area (Å²) in [7, 11) is 0. The summed E-state index contributed by atoms with van der Waals surface area (Å²) in [6.45, 7) is 0.810. The first-order valence-corrected chi connectivity index (χ1v) is 5.86. The van der Waals surface area contributed by atoms with Crippen LogP contribution in [0.5, 0.6) is 0 Å². The molecule has 0 radical (unpaired) electrons. The van der Waals surface area contributed by atoms with Gasteiger partial charge in [-0.15, -0.1) is 0 Å². The Morgan fingerprint density at radius 3 is 3.00 bits per heavy atom. The molecular formula is C13H13N3O2. The third-order valence-corrected chi connectivity index (χ3v) is 2.79. The van der Waals surface area contributed by atoms with Crippen molar-refractivity contribution in [1.29, 1.82) is 0 Å². The molecule has 0 aromatic carbocycles. The number of aromatic nitrogens is 3. The first-order chi connectivity index (χ1) is 8.90. The van der Waals surface area contributed by atoms with E-state index in [9.17, 15) is 0 Å². The van der Waals surface area contributed by atoms with E-state index in [2.05, 4.69) is 9.97 Å². The minimum absolute atomic E-state index is 0.143. The summed E-state index contributed by atoms with van der Waals surface area (Å²) in [5.41, 5.74) is 1.65. The van der Waals surface area contributed by atoms with Crippen molar-refractivity contribution in [3.05, 3.63) is 36.7 Å². The summed E-state index contributed by atoms with van der Waals surface area (Å²) in [6.07, 6.45) is 4.03. The third kappa shape index (κ3) is 1.78. The molecule has 0 saturated heterocycles. The number of pyridine rings is 1. The van der Waals surface area contributed by atoms with Gasteiger partial charge in [0.25, 0.3) is 0 Å². The molecule has 18 heavy (non-hydrogen) atoms. The molecule has 0 aliphatic carbocycles. The van der Waals surface area contributed by atoms with Crippen LogP contribution in [0.2, 0.25) is 0 Å². The lowest BCUT2D eigenvalue weighted by Crippen LogP contribution is -2.03. The highest BCUT2D eigenvalue weighted by Crippen LogP contribution is 2.24. The summed E-state index contributed by atoms with van der Waals surface area (Å²) in [4.78, 5) is 8.87. The molecule has 0 unspecified atom stereocenters. The van der Waals surface area contributed by atoms with E-state index >= 15 is 0 Å². The Morgan fingerprint density at radius 1 is 1.28 bits per heavy atom. The fraction of sp³-hybridized carbons (Fsp3) is 0.231. The molecule has 0 aliphatic heterocycles. The SMILES string of the molecule is OCCCn1c(-c2ccco2)nc2cccnc21. The number of furan rings is 1. The van der Waals surface area contributed by atoms with Crippen molar-refractivity contribution in [3.63, 3.8) is 0 Å². The van der Waals surface area contributed by atoms with Gasteiger partial charge in [-0.05, 0) is 30.7 Å². The molecule has 1 N–H and O–H groups in total. The fourth-order valence-corrected chi connectivity index (χ4v) is 1.99. The van der Waals surface area contributed by atoms with Crippen molar-refractivity contribution in [1.82, 2.24) is 14.5 Å². The maximum absolute atomic E-state index is 8.98. The lowest BCUT2D eigenvalue weighted by molar-refractivity contribution is 0.280. The molecule has 0 atom stereocenters. The molecule has 0 aliphatic rings. The minimum Gasteiger partial charge on any atom is -0.461 e. The molecule has 3 rings (SSSR count). The predicted octanol–water partition coefficient (Wildman–Crippen LogP) is 2.07. The molecular weight excluding hydrogens is 230 g/mol. The second-order valence-electron chi connectivity index (χ2n) is 3.99. The number of aliphatic hydroxyl groups is 1. The second-order valence-corrected chi connectivity index (χ2v) is 3.99. The molecule has 3 aromatic heterocycles. The van der Waals surface area contributed by atoms with Gasteiger partial charge in [0.15, 0.2) is 17.2 Å². The number of aliphatic hydroxyl groups excluding tert-OH is 1. The van der Waals surface area contributed by atoms with Gasteiger partial charge in [0.05, 0.1) is 6.26 Å². The van der Waals surface area contributed by atoms with E-state index in [0.29, 0.717) is 18.7 Å². The summed E-state index contributed by atoms with van der Waals surface area (Å²) < 4.78 is 7.37. The standard InChI is InChI=1S/C13H13N3O2/c17-8-3-7-16-12-10(4-1-6-14-12)15-13(16)11-5-2-9-18-11/h1-2,4-6,9,17H,3,7-8H2. The molecule has 92 valence electrons. The van der Waals surface area contributed by atoms with Crippen LogP contribution >= 0.6 is 0 Å². The first-order valence-electron chi connectivity index (χ1n) is 5.86. The molecule has 5 heteroatoms. The van der Waals surface area contributed by atoms with Crippen LogP contribution in [-0.4, -0.2) is 26.2 Å². The van der Waals surface area contributed by atoms with Gasteiger partial charge in [-0.2, -0.15) is 0 Å². The van der Waals surface area contributed by atoms with Crippen LogP contribution in [0.25, 0.3) is 22.7 Å². The quantitative estimate of drug-likeness (QED) is 0.762. The molecule has 5 nitrogen and oxygen atoms in total. The Kier molecular flexibility index (Phi) is 2.82. The molecule has 3 aromatic rings. The normalized spacial score (nSPS) is 11.2. The Morgan fingerprint density at radius 2 is 2.22 bits per heavy atom. The number of aryl methyl sites for hydroxylation is 1. The number of rotatable bonds is 4. The zero-order chi connectivity index (χ0) is 12.4. The Balaban J connectivity index is 2.17. The van der Waals surface area contributed by atoms with Gasteiger partial charge < -0.3 is 14.1 Å². The summed E-state index contributed by atoms with van der Waals surface area (Å²) >= 11 is 0. The predicted molar refractivity (Wildman–Crippen MR) is 66.9 cm³/mol. The maximum atomic E-state index is 8.98. The van der Waals surface area contributed by atoms with E-state index in [1.165, 1.54) is 0 Å². The highest BCUT2D eigenvalue weighted by Gasteiger charge is 2.14. The van der Waals surface area contributed by atoms with Gasteiger partial charge in [0, 0.05) is 19.3 Å². The largest absolute Gasteiger partial charge is 0.461 e. The molecule has 0 fully saturated rings. The van der Waals surface area contributed by atoms with Gasteiger partial charge >= 0.3 is 0 Å². The first kappa shape index (κ1) is 11.0. The van der Waals surface area contributed by atoms with Crippen molar-refractivity contribution < 1.29 is 9.52 Å². The molecule has 0 saturated carbocycles. The van der Waals surface area contributed by atoms with Crippen LogP contribution in [0.1, 0.15) is 6.42 Å². The maximum Gasteiger partial charge on any atom is 0.178 e. The average Bonchev–Trinajstić information content (AvgIpc) is 3.03. The molecule has 3 heterocycles. The van der Waals surface area contributed by atoms with Gasteiger partial charge in [-0.25, -0.2) is 9.97 Å². The lowest BCUT2D eigenvalue weighted by Gasteiger charge is -2.05. The minimum atomic E-state index is 0.143. The van der Waals surface area contributed by atoms with Crippen molar-refractivity contribution in [2.75, 3.05) is 6.61 Å². The van der Waals surface area contributed by atoms with Crippen LogP contribution in [-0.2, 0) is 6.54 Å². The Labute approximate surface area is 104 Å². The zero-order valence-corrected chi connectivity index (χ0v) is 9.78. The van der Waals surface area contributed by atoms with Gasteiger partial charge in [0.2, 0.25) is 0 Å². The monoisotopic (exact) mass is 243 g/mol. The molecule has 0 bridgehead atoms. The van der Waals surface area contributed by atoms with E-state index in [1.54, 1.807) is 12.5 Å². The van der Waals surface area contributed by atoms with Crippen LogP contribution in [0.4, 0.5) is 0 Å². The van der Waals surface area contributed by atoms with Crippen LogP contribution in [0.3, 0.4) is 0 Å². The van der Waals surface area contributed by atoms with Crippen LogP contribution in [0.15, 0.2) is 41.1 Å². The van der Waals surface area contributed by atoms with E-state index in [0.717, 1.165) is 17.0 Å². The number of nitrogens with zero attached hydrogens (tertiary/aromatic N) is 3. The topological polar surface area (TPSA) is 64.1 Å². The van der Waals surface area contributed by atoms with Gasteiger partial charge in [-0.1, -0.05) is 0 Å². The smallest absolute Gasteiger partial charge is 0.178 e. The average molecular weight is 243 g/mol. The number of hydrogen-bond donors (Lipinski definition) is 1. The zero-order valence-electron chi connectivity index (χ0n) is 9.78. The van der Waals surface area contributed by atoms with Crippen molar-refractivity contribution >= 4 is 11.2 Å². The molecule has 0 amide bonds. The van der Waals surface area contributed by atoms with E-state index < -0.39 is 0 Å². The van der Waals surface area contributed by atoms with Crippen LogP contribution < -0.4 is 0 Å². The second kappa shape index (κ2) is 4.62. The van der Waals surface area contributed by atoms with E-state index in [1.807, 2.05) is 28.8 Å². The highest BCUT2D eigenvalue weighted by atomic mass is 16.3. The lowest BCUT2D eigenvalue weighted by atomic mass is 10.4. The fourth-order valence-electron chi connectivity index (χ4n) is 1.99. The van der Waals surface area contributed by atoms with E-state index in [-0.39, 0.29) is 6.61 Å². The summed E-state index contributed by atoms with van der Waals surface area (Å²) in [5.74, 6) is 1.47. The number of fused-ring (bicyclic) bond motifs is 1. The van der Waals surface area contributed by atoms with Crippen molar-refractivity contribution in [2.45, 2.75) is 13.0 Å². The summed E-state index contributed by atoms with van der Waals surface area (Å²) in [5, 5.41) is 8.98. The van der Waals surface area contributed by atoms with E-state index in [4.69, 9.17) is 9.52 Å². The van der Waals surface area contributed by atoms with Gasteiger partial charge in [-0.3, -0.25) is 0 Å². The summed E-state index contributed by atoms with van der Waals surface area (Å²) in [6, 6.07) is 7.48. The van der Waals surface area contributed by atoms with Crippen molar-refractivity contribution in [2.24, 2.45) is 0 Å². The Bertz CT molecular complexity index is 643. The van der Waals surface area contributed by atoms with Crippen molar-refractivity contribution in [3.8, 4) is 11.6 Å². The number of imidazole rings is 1. The highest BCUT2D eigenvalue weighted by molar-refractivity contribution is 5.75. The number of hydrogen-bond acceptors (Lipinski definition) is 4.